The van der Waals surface area contributed by atoms with Crippen LogP contribution in [0.3, 0.4) is 0 Å². The van der Waals surface area contributed by atoms with E-state index in [1.165, 1.54) is 32.3 Å². The quantitative estimate of drug-likeness (QED) is 0.619. The van der Waals surface area contributed by atoms with Crippen LogP contribution >= 0.6 is 0 Å². The summed E-state index contributed by atoms with van der Waals surface area (Å²) >= 11 is 0. The van der Waals surface area contributed by atoms with E-state index in [9.17, 15) is 16.8 Å². The number of rotatable bonds is 7. The lowest BCUT2D eigenvalue weighted by Crippen LogP contribution is -2.27. The van der Waals surface area contributed by atoms with Gasteiger partial charge in [-0.25, -0.2) is 21.6 Å². The molecular weight excluding hydrogens is 412 g/mol. The van der Waals surface area contributed by atoms with Gasteiger partial charge in [-0.2, -0.15) is 0 Å². The van der Waals surface area contributed by atoms with E-state index >= 15 is 0 Å². The van der Waals surface area contributed by atoms with Crippen molar-refractivity contribution < 1.29 is 21.6 Å². The summed E-state index contributed by atoms with van der Waals surface area (Å²) < 4.78 is 59.5. The molecule has 9 heteroatoms. The van der Waals surface area contributed by atoms with Crippen LogP contribution in [0, 0.1) is 0 Å². The molecule has 3 aromatic rings. The molecule has 1 N–H and O–H groups in total. The van der Waals surface area contributed by atoms with Gasteiger partial charge in [-0.3, -0.25) is 4.31 Å². The van der Waals surface area contributed by atoms with Crippen molar-refractivity contribution in [3.8, 4) is 11.5 Å². The number of anilines is 1. The van der Waals surface area contributed by atoms with Gasteiger partial charge in [0, 0.05) is 7.05 Å². The first kappa shape index (κ1) is 20.8. The summed E-state index contributed by atoms with van der Waals surface area (Å²) in [6.07, 6.45) is 0. The Bertz CT molecular complexity index is 1210. The van der Waals surface area contributed by atoms with Gasteiger partial charge in [-0.1, -0.05) is 36.4 Å². The third-order valence-corrected chi connectivity index (χ3v) is 7.40. The number of nitrogens with one attached hydrogen (secondary N) is 1. The van der Waals surface area contributed by atoms with Gasteiger partial charge in [0.2, 0.25) is 10.0 Å². The SMILES string of the molecule is CNS(=O)(=O)c1cccc(S(=O)(=O)N(C)c2ccccc2Oc2ccccc2)c1. The Kier molecular flexibility index (Phi) is 5.92. The normalized spacial score (nSPS) is 11.8. The van der Waals surface area contributed by atoms with E-state index in [1.54, 1.807) is 36.4 Å². The fraction of sp³-hybridized carbons (Fsp3) is 0.100. The van der Waals surface area contributed by atoms with Crippen LogP contribution < -0.4 is 13.8 Å². The molecule has 3 rings (SSSR count). The van der Waals surface area contributed by atoms with Crippen molar-refractivity contribution in [2.45, 2.75) is 9.79 Å². The lowest BCUT2D eigenvalue weighted by atomic mass is 10.3. The fourth-order valence-electron chi connectivity index (χ4n) is 2.63. The van der Waals surface area contributed by atoms with E-state index in [1.807, 2.05) is 18.2 Å². The van der Waals surface area contributed by atoms with Crippen LogP contribution in [0.15, 0.2) is 88.7 Å². The zero-order valence-electron chi connectivity index (χ0n) is 15.8. The van der Waals surface area contributed by atoms with Crippen molar-refractivity contribution in [2.24, 2.45) is 0 Å². The third kappa shape index (κ3) is 4.42. The molecule has 0 aliphatic heterocycles. The maximum atomic E-state index is 13.2. The molecule has 29 heavy (non-hydrogen) atoms. The summed E-state index contributed by atoms with van der Waals surface area (Å²) in [6.45, 7) is 0. The molecule has 0 spiro atoms. The molecule has 7 nitrogen and oxygen atoms in total. The van der Waals surface area contributed by atoms with Crippen molar-refractivity contribution in [3.63, 3.8) is 0 Å². The van der Waals surface area contributed by atoms with Crippen molar-refractivity contribution >= 4 is 25.7 Å². The zero-order chi connectivity index (χ0) is 21.1. The van der Waals surface area contributed by atoms with Gasteiger partial charge in [0.25, 0.3) is 10.0 Å². The number of sulfonamides is 2. The highest BCUT2D eigenvalue weighted by Crippen LogP contribution is 2.34. The van der Waals surface area contributed by atoms with Crippen molar-refractivity contribution in [2.75, 3.05) is 18.4 Å². The monoisotopic (exact) mass is 432 g/mol. The number of hydrogen-bond donors (Lipinski definition) is 1. The Balaban J connectivity index is 2.01. The standard InChI is InChI=1S/C20H20N2O5S2/c1-21-28(23,24)17-11-8-12-18(15-17)29(25,26)22(2)19-13-6-7-14-20(19)27-16-9-4-3-5-10-16/h3-15,21H,1-2H3. The van der Waals surface area contributed by atoms with E-state index in [0.29, 0.717) is 17.2 Å². The first-order valence-corrected chi connectivity index (χ1v) is 11.5. The Morgan fingerprint density at radius 2 is 1.41 bits per heavy atom. The average Bonchev–Trinajstić information content (AvgIpc) is 2.74. The van der Waals surface area contributed by atoms with Gasteiger partial charge in [-0.15, -0.1) is 0 Å². The van der Waals surface area contributed by atoms with E-state index in [-0.39, 0.29) is 9.79 Å². The topological polar surface area (TPSA) is 92.8 Å². The summed E-state index contributed by atoms with van der Waals surface area (Å²) in [6, 6.07) is 20.9. The summed E-state index contributed by atoms with van der Waals surface area (Å²) in [4.78, 5) is -0.283. The van der Waals surface area contributed by atoms with Crippen LogP contribution in [0.2, 0.25) is 0 Å². The third-order valence-electron chi connectivity index (χ3n) is 4.22. The Morgan fingerprint density at radius 3 is 2.10 bits per heavy atom. The van der Waals surface area contributed by atoms with Gasteiger partial charge >= 0.3 is 0 Å². The molecule has 0 saturated carbocycles. The van der Waals surface area contributed by atoms with Crippen molar-refractivity contribution in [3.05, 3.63) is 78.9 Å². The number of hydrogen-bond acceptors (Lipinski definition) is 5. The van der Waals surface area contributed by atoms with Crippen molar-refractivity contribution in [1.82, 2.24) is 4.72 Å². The van der Waals surface area contributed by atoms with Gasteiger partial charge in [0.15, 0.2) is 5.75 Å². The van der Waals surface area contributed by atoms with Crippen LogP contribution in [-0.2, 0) is 20.0 Å². The molecule has 0 heterocycles. The predicted molar refractivity (Wildman–Crippen MR) is 111 cm³/mol. The molecule has 0 aliphatic carbocycles. The molecule has 0 fully saturated rings. The molecule has 0 amide bonds. The molecule has 0 aliphatic rings. The molecule has 0 bridgehead atoms. The van der Waals surface area contributed by atoms with E-state index in [0.717, 1.165) is 10.4 Å². The zero-order valence-corrected chi connectivity index (χ0v) is 17.4. The van der Waals surface area contributed by atoms with Crippen molar-refractivity contribution in [1.29, 1.82) is 0 Å². The number of para-hydroxylation sites is 3. The van der Waals surface area contributed by atoms with Crippen LogP contribution in [0.25, 0.3) is 0 Å². The predicted octanol–water partition coefficient (Wildman–Crippen LogP) is 3.21. The van der Waals surface area contributed by atoms with Gasteiger partial charge in [-0.05, 0) is 49.5 Å². The minimum atomic E-state index is -4.04. The fourth-order valence-corrected chi connectivity index (χ4v) is 4.73. The van der Waals surface area contributed by atoms with Gasteiger partial charge < -0.3 is 4.74 Å². The molecule has 0 radical (unpaired) electrons. The molecule has 0 unspecified atom stereocenters. The highest BCUT2D eigenvalue weighted by atomic mass is 32.2. The lowest BCUT2D eigenvalue weighted by molar-refractivity contribution is 0.483. The van der Waals surface area contributed by atoms with Crippen LogP contribution in [0.1, 0.15) is 0 Å². The van der Waals surface area contributed by atoms with Crippen LogP contribution in [-0.4, -0.2) is 30.9 Å². The first-order chi connectivity index (χ1) is 13.8. The maximum Gasteiger partial charge on any atom is 0.264 e. The largest absolute Gasteiger partial charge is 0.455 e. The highest BCUT2D eigenvalue weighted by molar-refractivity contribution is 7.93. The number of benzene rings is 3. The van der Waals surface area contributed by atoms with E-state index < -0.39 is 20.0 Å². The highest BCUT2D eigenvalue weighted by Gasteiger charge is 2.25. The minimum absolute atomic E-state index is 0.136. The van der Waals surface area contributed by atoms with Gasteiger partial charge in [0.1, 0.15) is 5.75 Å². The molecule has 0 atom stereocenters. The second-order valence-electron chi connectivity index (χ2n) is 6.04. The summed E-state index contributed by atoms with van der Waals surface area (Å²) in [5.41, 5.74) is 0.318. The molecule has 152 valence electrons. The second kappa shape index (κ2) is 8.24. The molecule has 0 aromatic heterocycles. The average molecular weight is 433 g/mol. The van der Waals surface area contributed by atoms with Crippen LogP contribution in [0.4, 0.5) is 5.69 Å². The van der Waals surface area contributed by atoms with Gasteiger partial charge in [0.05, 0.1) is 15.5 Å². The van der Waals surface area contributed by atoms with Crippen LogP contribution in [0.5, 0.6) is 11.5 Å². The Morgan fingerprint density at radius 1 is 0.793 bits per heavy atom. The van der Waals surface area contributed by atoms with E-state index in [4.69, 9.17) is 4.74 Å². The second-order valence-corrected chi connectivity index (χ2v) is 9.89. The van der Waals surface area contributed by atoms with E-state index in [2.05, 4.69) is 4.72 Å². The Hall–Kier alpha value is -2.88. The summed E-state index contributed by atoms with van der Waals surface area (Å²) in [5, 5.41) is 0. The lowest BCUT2D eigenvalue weighted by Gasteiger charge is -2.22. The molecule has 3 aromatic carbocycles. The summed E-state index contributed by atoms with van der Waals surface area (Å²) in [7, 11) is -5.16. The summed E-state index contributed by atoms with van der Waals surface area (Å²) in [5.74, 6) is 0.914. The Labute approximate surface area is 170 Å². The number of ether oxygens (including phenoxy) is 1. The number of nitrogens with zero attached hydrogens (tertiary/aromatic N) is 1. The molecular formula is C20H20N2O5S2. The smallest absolute Gasteiger partial charge is 0.264 e. The molecule has 0 saturated heterocycles. The minimum Gasteiger partial charge on any atom is -0.455 e. The first-order valence-electron chi connectivity index (χ1n) is 8.60. The maximum absolute atomic E-state index is 13.2.